The van der Waals surface area contributed by atoms with Gasteiger partial charge in [-0.05, 0) is 5.56 Å². The number of carbonyl (C=O) groups excluding carboxylic acids is 7. The van der Waals surface area contributed by atoms with Gasteiger partial charge in [0.25, 0.3) is 5.91 Å². The molecule has 3 heterocycles. The number of ether oxygens (including phenoxy) is 1. The molecular formula is C24H24N5NaO9S. The molecule has 16 heteroatoms. The van der Waals surface area contributed by atoms with Crippen LogP contribution in [-0.4, -0.2) is 93.3 Å². The van der Waals surface area contributed by atoms with Crippen molar-refractivity contribution in [2.75, 3.05) is 25.4 Å². The van der Waals surface area contributed by atoms with E-state index in [0.717, 1.165) is 14.7 Å². The van der Waals surface area contributed by atoms with E-state index in [1.165, 1.54) is 25.6 Å². The summed E-state index contributed by atoms with van der Waals surface area (Å²) in [5.41, 5.74) is 0.136. The first-order valence-corrected chi connectivity index (χ1v) is 12.8. The molecule has 2 N–H and O–H groups in total. The minimum absolute atomic E-state index is 0. The number of aliphatic carboxylic acids is 1. The molecule has 0 radical (unpaired) electrons. The average Bonchev–Trinajstić information content (AvgIpc) is 3.30. The number of carboxylic acids is 1. The molecule has 14 nitrogen and oxygen atoms in total. The third-order valence-corrected chi connectivity index (χ3v) is 7.62. The molecule has 2 unspecified atom stereocenters. The summed E-state index contributed by atoms with van der Waals surface area (Å²) < 4.78 is 4.88. The Morgan fingerprint density at radius 2 is 1.73 bits per heavy atom. The summed E-state index contributed by atoms with van der Waals surface area (Å²) in [4.78, 5) is 88.9. The minimum Gasteiger partial charge on any atom is -0.543 e. The van der Waals surface area contributed by atoms with Crippen molar-refractivity contribution < 1.29 is 73.0 Å². The van der Waals surface area contributed by atoms with Crippen LogP contribution in [-0.2, 0) is 28.7 Å². The van der Waals surface area contributed by atoms with Crippen LogP contribution in [0.5, 0.6) is 0 Å². The Balaban J connectivity index is 0.00000441. The molecule has 4 rings (SSSR count). The number of hydrogen-bond acceptors (Lipinski definition) is 10. The molecule has 3 atom stereocenters. The molecule has 3 aliphatic heterocycles. The van der Waals surface area contributed by atoms with Crippen LogP contribution in [0.4, 0.5) is 9.59 Å². The molecule has 0 aromatic heterocycles. The number of nitrogens with one attached hydrogen (secondary N) is 2. The summed E-state index contributed by atoms with van der Waals surface area (Å²) in [7, 11) is 0. The van der Waals surface area contributed by atoms with Gasteiger partial charge in [-0.15, -0.1) is 11.8 Å². The third kappa shape index (κ3) is 6.16. The molecule has 0 spiro atoms. The van der Waals surface area contributed by atoms with Crippen LogP contribution in [0.3, 0.4) is 0 Å². The van der Waals surface area contributed by atoms with Crippen LogP contribution in [0.25, 0.3) is 0 Å². The van der Waals surface area contributed by atoms with Crippen LogP contribution in [0, 0.1) is 0 Å². The number of urea groups is 2. The standard InChI is InChI=1S/C24H25N5O9S.Na/c1-12(30)27-8-9-28(24(27)37)23(36)26-16(14-6-4-3-5-7-14)19(32)25-17-20(33)29-18(22(34)35)15(10-38-13(2)31)11-39-21(17)29;/h3-7,16-17,21H,8-11H2,1-2H3,(H,25,32)(H,26,36)(H,34,35);/q;+1/p-1/t16?,17?,21-;/m0./s1. The summed E-state index contributed by atoms with van der Waals surface area (Å²) >= 11 is 1.17. The number of imide groups is 2. The van der Waals surface area contributed by atoms with E-state index in [2.05, 4.69) is 10.6 Å². The zero-order valence-corrected chi connectivity index (χ0v) is 24.7. The number of esters is 1. The monoisotopic (exact) mass is 581 g/mol. The number of carboxylic acid groups (broad SMARTS) is 1. The normalized spacial score (nSPS) is 20.6. The zero-order chi connectivity index (χ0) is 28.4. The second-order valence-corrected chi connectivity index (χ2v) is 9.92. The Labute approximate surface area is 254 Å². The van der Waals surface area contributed by atoms with E-state index in [-0.39, 0.29) is 60.6 Å². The van der Waals surface area contributed by atoms with Crippen molar-refractivity contribution in [3.63, 3.8) is 0 Å². The Morgan fingerprint density at radius 1 is 1.07 bits per heavy atom. The smallest absolute Gasteiger partial charge is 0.543 e. The first-order chi connectivity index (χ1) is 18.5. The maximum atomic E-state index is 13.4. The van der Waals surface area contributed by atoms with Gasteiger partial charge < -0.3 is 25.3 Å². The quantitative estimate of drug-likeness (QED) is 0.181. The van der Waals surface area contributed by atoms with E-state index in [4.69, 9.17) is 4.74 Å². The summed E-state index contributed by atoms with van der Waals surface area (Å²) in [5, 5.41) is 16.1. The van der Waals surface area contributed by atoms with Crippen molar-refractivity contribution in [1.82, 2.24) is 25.3 Å². The van der Waals surface area contributed by atoms with Crippen LogP contribution < -0.4 is 45.3 Å². The molecule has 0 saturated carbocycles. The van der Waals surface area contributed by atoms with Gasteiger partial charge in [0.15, 0.2) is 0 Å². The topological polar surface area (TPSA) is 186 Å². The molecule has 206 valence electrons. The van der Waals surface area contributed by atoms with Gasteiger partial charge in [-0.1, -0.05) is 30.3 Å². The van der Waals surface area contributed by atoms with Gasteiger partial charge in [0.2, 0.25) is 11.8 Å². The summed E-state index contributed by atoms with van der Waals surface area (Å²) in [6, 6.07) is 3.95. The molecule has 3 aliphatic rings. The number of hydrogen-bond donors (Lipinski definition) is 2. The SMILES string of the molecule is CC(=O)OCC1=C(C(=O)[O-])N2C(=O)C(NC(=O)C(NC(=O)N3CCN(C(C)=O)C3=O)c3ccccc3)[C@@H]2SC1.[Na+]. The van der Waals surface area contributed by atoms with Gasteiger partial charge in [0, 0.05) is 31.7 Å². The number of β-lactam (4-membered cyclic amide) rings is 1. The molecule has 2 fully saturated rings. The van der Waals surface area contributed by atoms with E-state index in [1.54, 1.807) is 30.3 Å². The van der Waals surface area contributed by atoms with Crippen molar-refractivity contribution in [2.45, 2.75) is 31.3 Å². The zero-order valence-electron chi connectivity index (χ0n) is 21.9. The number of carbonyl (C=O) groups is 7. The second-order valence-electron chi connectivity index (χ2n) is 8.81. The van der Waals surface area contributed by atoms with E-state index in [1.807, 2.05) is 0 Å². The van der Waals surface area contributed by atoms with E-state index in [9.17, 15) is 38.7 Å². The maximum Gasteiger partial charge on any atom is 1.00 e. The molecule has 0 aliphatic carbocycles. The van der Waals surface area contributed by atoms with Crippen molar-refractivity contribution in [2.24, 2.45) is 0 Å². The number of benzene rings is 1. The van der Waals surface area contributed by atoms with Gasteiger partial charge in [-0.2, -0.15) is 0 Å². The van der Waals surface area contributed by atoms with Gasteiger partial charge in [0.1, 0.15) is 24.1 Å². The molecule has 2 saturated heterocycles. The number of thioether (sulfide) groups is 1. The summed E-state index contributed by atoms with van der Waals surface area (Å²) in [6.07, 6.45) is 0. The fourth-order valence-corrected chi connectivity index (χ4v) is 5.70. The summed E-state index contributed by atoms with van der Waals surface area (Å²) in [6.45, 7) is 2.00. The van der Waals surface area contributed by atoms with Gasteiger partial charge >= 0.3 is 47.6 Å². The van der Waals surface area contributed by atoms with Crippen LogP contribution in [0.15, 0.2) is 41.6 Å². The Hall–Kier alpha value is -3.40. The molecule has 40 heavy (non-hydrogen) atoms. The molecule has 7 amide bonds. The first-order valence-electron chi connectivity index (χ1n) is 11.8. The molecule has 1 aromatic rings. The second kappa shape index (κ2) is 12.8. The van der Waals surface area contributed by atoms with Crippen molar-refractivity contribution in [1.29, 1.82) is 0 Å². The van der Waals surface area contributed by atoms with Crippen LogP contribution >= 0.6 is 11.8 Å². The average molecular weight is 582 g/mol. The molecular weight excluding hydrogens is 557 g/mol. The Morgan fingerprint density at radius 3 is 2.30 bits per heavy atom. The fourth-order valence-electron chi connectivity index (χ4n) is 4.37. The van der Waals surface area contributed by atoms with Crippen molar-refractivity contribution in [3.05, 3.63) is 47.2 Å². The van der Waals surface area contributed by atoms with Crippen LogP contribution in [0.2, 0.25) is 0 Å². The Kier molecular flexibility index (Phi) is 10.00. The maximum absolute atomic E-state index is 13.4. The van der Waals surface area contributed by atoms with E-state index in [0.29, 0.717) is 5.56 Å². The van der Waals surface area contributed by atoms with Crippen LogP contribution in [0.1, 0.15) is 25.5 Å². The third-order valence-electron chi connectivity index (χ3n) is 6.29. The number of nitrogens with zero attached hydrogens (tertiary/aromatic N) is 3. The largest absolute Gasteiger partial charge is 1.00 e. The van der Waals surface area contributed by atoms with Gasteiger partial charge in [0.05, 0.1) is 18.2 Å². The Bertz CT molecular complexity index is 1290. The first kappa shape index (κ1) is 31.1. The number of fused-ring (bicyclic) bond motifs is 1. The van der Waals surface area contributed by atoms with Crippen molar-refractivity contribution in [3.8, 4) is 0 Å². The van der Waals surface area contributed by atoms with E-state index >= 15 is 0 Å². The fraction of sp³-hybridized carbons (Fsp3) is 0.375. The van der Waals surface area contributed by atoms with Gasteiger partial charge in [-0.3, -0.25) is 29.0 Å². The molecule has 1 aromatic carbocycles. The van der Waals surface area contributed by atoms with Crippen molar-refractivity contribution >= 4 is 53.5 Å². The summed E-state index contributed by atoms with van der Waals surface area (Å²) in [5.74, 6) is -4.14. The van der Waals surface area contributed by atoms with E-state index < -0.39 is 64.9 Å². The number of amides is 7. The minimum atomic E-state index is -1.62. The molecule has 0 bridgehead atoms. The predicted octanol–water partition coefficient (Wildman–Crippen LogP) is -4.31. The number of rotatable bonds is 7. The predicted molar refractivity (Wildman–Crippen MR) is 131 cm³/mol. The van der Waals surface area contributed by atoms with Gasteiger partial charge in [-0.25, -0.2) is 14.5 Å².